The van der Waals surface area contributed by atoms with Gasteiger partial charge in [-0.1, -0.05) is 0 Å². The maximum atomic E-state index is 12.2. The van der Waals surface area contributed by atoms with E-state index in [-0.39, 0.29) is 0 Å². The second kappa shape index (κ2) is 4.29. The number of carbonyl (C=O) groups excluding carboxylic acids is 5. The van der Waals surface area contributed by atoms with Crippen LogP contribution >= 0.6 is 0 Å². The second-order valence-corrected chi connectivity index (χ2v) is 4.67. The fourth-order valence-electron chi connectivity index (χ4n) is 2.59. The van der Waals surface area contributed by atoms with Crippen LogP contribution in [0.25, 0.3) is 0 Å². The third kappa shape index (κ3) is 1.59. The summed E-state index contributed by atoms with van der Waals surface area (Å²) in [6.45, 7) is 3.46. The topological polar surface area (TPSA) is 98.3 Å². The van der Waals surface area contributed by atoms with E-state index in [4.69, 9.17) is 0 Å². The Morgan fingerprint density at radius 1 is 0.750 bits per heavy atom. The van der Waals surface area contributed by atoms with E-state index in [1.165, 1.54) is 7.05 Å². The van der Waals surface area contributed by atoms with Gasteiger partial charge in [-0.2, -0.15) is 0 Å². The molecule has 2 atom stereocenters. The molecule has 0 radical (unpaired) electrons. The molecule has 0 aromatic carbocycles. The number of hydrogen-bond donors (Lipinski definition) is 0. The Hall–Kier alpha value is -2.45. The van der Waals surface area contributed by atoms with Gasteiger partial charge in [-0.05, 0) is 0 Å². The van der Waals surface area contributed by atoms with Gasteiger partial charge in [0.05, 0.1) is 0 Å². The quantitative estimate of drug-likeness (QED) is 0.590. The van der Waals surface area contributed by atoms with E-state index in [1.807, 2.05) is 0 Å². The van der Waals surface area contributed by atoms with Crippen molar-refractivity contribution in [2.24, 2.45) is 0 Å². The molecule has 2 heterocycles. The third-order valence-corrected chi connectivity index (χ3v) is 3.39. The Bertz CT molecular complexity index is 533. The third-order valence-electron chi connectivity index (χ3n) is 3.39. The van der Waals surface area contributed by atoms with E-state index >= 15 is 0 Å². The summed E-state index contributed by atoms with van der Waals surface area (Å²) in [6, 6.07) is -1.48. The van der Waals surface area contributed by atoms with Crippen LogP contribution in [0.4, 0.5) is 9.59 Å². The van der Waals surface area contributed by atoms with Gasteiger partial charge in [0.25, 0.3) is 0 Å². The highest BCUT2D eigenvalue weighted by molar-refractivity contribution is 6.07. The molecule has 0 N–H and O–H groups in total. The van der Waals surface area contributed by atoms with Crippen molar-refractivity contribution >= 4 is 29.8 Å². The van der Waals surface area contributed by atoms with Crippen molar-refractivity contribution in [1.82, 2.24) is 19.6 Å². The fraction of sp³-hybridized carbons (Fsp3) is 0.545. The van der Waals surface area contributed by atoms with Crippen molar-refractivity contribution in [3.05, 3.63) is 0 Å². The molecule has 0 unspecified atom stereocenters. The first-order valence-electron chi connectivity index (χ1n) is 5.90. The predicted molar refractivity (Wildman–Crippen MR) is 63.7 cm³/mol. The second-order valence-electron chi connectivity index (χ2n) is 4.67. The molecule has 2 saturated heterocycles. The van der Waals surface area contributed by atoms with Crippen molar-refractivity contribution in [3.63, 3.8) is 0 Å². The minimum Gasteiger partial charge on any atom is -0.302 e. The fourth-order valence-corrected chi connectivity index (χ4v) is 2.59. The van der Waals surface area contributed by atoms with Gasteiger partial charge >= 0.3 is 12.1 Å². The maximum absolute atomic E-state index is 12.2. The molecule has 7 amide bonds. The molecule has 0 bridgehead atoms. The first kappa shape index (κ1) is 14.0. The lowest BCUT2D eigenvalue weighted by atomic mass is 10.3. The number of amides is 7. The normalized spacial score (nSPS) is 25.4. The molecule has 2 fully saturated rings. The van der Waals surface area contributed by atoms with Crippen molar-refractivity contribution in [3.8, 4) is 0 Å². The summed E-state index contributed by atoms with van der Waals surface area (Å²) >= 11 is 0. The number of urea groups is 2. The smallest absolute Gasteiger partial charge is 0.302 e. The Kier molecular flexibility index (Phi) is 2.99. The van der Waals surface area contributed by atoms with Crippen molar-refractivity contribution in [2.45, 2.75) is 33.1 Å². The van der Waals surface area contributed by atoms with Crippen LogP contribution in [0.2, 0.25) is 0 Å². The molecule has 0 aromatic rings. The average Bonchev–Trinajstić information content (AvgIpc) is 2.72. The van der Waals surface area contributed by atoms with Gasteiger partial charge in [0.15, 0.2) is 12.3 Å². The van der Waals surface area contributed by atoms with Crippen molar-refractivity contribution in [1.29, 1.82) is 0 Å². The number of imide groups is 3. The molecule has 0 aliphatic carbocycles. The average molecular weight is 282 g/mol. The molecular weight excluding hydrogens is 268 g/mol. The van der Waals surface area contributed by atoms with Crippen LogP contribution in [0.3, 0.4) is 0 Å². The van der Waals surface area contributed by atoms with Gasteiger partial charge in [-0.25, -0.2) is 24.3 Å². The molecule has 9 heteroatoms. The highest BCUT2D eigenvalue weighted by Gasteiger charge is 2.61. The van der Waals surface area contributed by atoms with Crippen LogP contribution in [-0.2, 0) is 14.4 Å². The SMILES string of the molecule is CC(=O)N1C(=O)N(C)[C@@H]2[C@@H]1N(C(C)=O)C(=O)N2C(C)=O. The largest absolute Gasteiger partial charge is 0.337 e. The summed E-state index contributed by atoms with van der Waals surface area (Å²) in [5, 5.41) is 0. The monoisotopic (exact) mass is 282 g/mol. The van der Waals surface area contributed by atoms with E-state index in [1.54, 1.807) is 0 Å². The van der Waals surface area contributed by atoms with Crippen LogP contribution in [-0.4, -0.2) is 68.8 Å². The van der Waals surface area contributed by atoms with Crippen LogP contribution in [0.15, 0.2) is 0 Å². The van der Waals surface area contributed by atoms with Gasteiger partial charge < -0.3 is 4.90 Å². The zero-order chi connectivity index (χ0) is 15.4. The molecule has 0 saturated carbocycles. The first-order chi connectivity index (χ1) is 9.20. The Morgan fingerprint density at radius 3 is 1.50 bits per heavy atom. The molecule has 0 spiro atoms. The zero-order valence-electron chi connectivity index (χ0n) is 11.5. The number of nitrogens with zero attached hydrogens (tertiary/aromatic N) is 4. The highest BCUT2D eigenvalue weighted by Crippen LogP contribution is 2.34. The van der Waals surface area contributed by atoms with Crippen LogP contribution in [0.5, 0.6) is 0 Å². The summed E-state index contributed by atoms with van der Waals surface area (Å²) < 4.78 is 0. The molecule has 0 aromatic heterocycles. The molecule has 2 aliphatic heterocycles. The van der Waals surface area contributed by atoms with Gasteiger partial charge in [0, 0.05) is 27.8 Å². The van der Waals surface area contributed by atoms with E-state index in [9.17, 15) is 24.0 Å². The van der Waals surface area contributed by atoms with Crippen LogP contribution in [0, 0.1) is 0 Å². The Labute approximate surface area is 114 Å². The highest BCUT2D eigenvalue weighted by atomic mass is 16.2. The number of likely N-dealkylation sites (N-methyl/N-ethyl adjacent to an activating group) is 1. The van der Waals surface area contributed by atoms with Gasteiger partial charge in [0.1, 0.15) is 0 Å². The van der Waals surface area contributed by atoms with Crippen LogP contribution in [0.1, 0.15) is 20.8 Å². The summed E-state index contributed by atoms with van der Waals surface area (Å²) in [4.78, 5) is 62.6. The van der Waals surface area contributed by atoms with E-state index in [0.717, 1.165) is 40.4 Å². The van der Waals surface area contributed by atoms with Crippen molar-refractivity contribution < 1.29 is 24.0 Å². The van der Waals surface area contributed by atoms with E-state index in [2.05, 4.69) is 0 Å². The summed E-state index contributed by atoms with van der Waals surface area (Å²) in [6.07, 6.45) is -2.10. The summed E-state index contributed by atoms with van der Waals surface area (Å²) in [5.74, 6) is -1.83. The lowest BCUT2D eigenvalue weighted by molar-refractivity contribution is -0.135. The lowest BCUT2D eigenvalue weighted by Gasteiger charge is -2.24. The van der Waals surface area contributed by atoms with Gasteiger partial charge in [-0.15, -0.1) is 0 Å². The maximum Gasteiger partial charge on any atom is 0.337 e. The number of hydrogen-bond acceptors (Lipinski definition) is 5. The predicted octanol–water partition coefficient (Wildman–Crippen LogP) is -0.617. The van der Waals surface area contributed by atoms with Crippen LogP contribution < -0.4 is 0 Å². The Morgan fingerprint density at radius 2 is 1.10 bits per heavy atom. The number of carbonyl (C=O) groups is 5. The number of fused-ring (bicyclic) bond motifs is 1. The Balaban J connectivity index is 2.58. The van der Waals surface area contributed by atoms with Gasteiger partial charge in [-0.3, -0.25) is 14.4 Å². The standard InChI is InChI=1S/C11H14N4O5/c1-5(16)13-8-9(15(7(3)18)11(13)20)14(6(2)17)10(19)12(8)4/h8-9H,1-4H3/t8-,9-/m0/s1. The van der Waals surface area contributed by atoms with Crippen molar-refractivity contribution in [2.75, 3.05) is 7.05 Å². The molecule has 2 rings (SSSR count). The van der Waals surface area contributed by atoms with E-state index < -0.39 is 42.1 Å². The summed E-state index contributed by atoms with van der Waals surface area (Å²) in [5.41, 5.74) is 0. The van der Waals surface area contributed by atoms with Gasteiger partial charge in [0.2, 0.25) is 17.7 Å². The molecular formula is C11H14N4O5. The lowest BCUT2D eigenvalue weighted by Crippen LogP contribution is -2.50. The molecule has 20 heavy (non-hydrogen) atoms. The minimum absolute atomic E-state index is 0.598. The molecule has 108 valence electrons. The minimum atomic E-state index is -1.11. The first-order valence-corrected chi connectivity index (χ1v) is 5.90. The molecule has 2 aliphatic rings. The van der Waals surface area contributed by atoms with E-state index in [0.29, 0.717) is 0 Å². The zero-order valence-corrected chi connectivity index (χ0v) is 11.5. The molecule has 9 nitrogen and oxygen atoms in total. The summed E-state index contributed by atoms with van der Waals surface area (Å²) in [7, 11) is 1.37. The number of rotatable bonds is 0.